The molecule has 0 aliphatic carbocycles. The molecule has 0 atom stereocenters. The van der Waals surface area contributed by atoms with E-state index in [1.807, 2.05) is 24.9 Å². The summed E-state index contributed by atoms with van der Waals surface area (Å²) in [6, 6.07) is 0. The number of aryl methyl sites for hydroxylation is 1. The van der Waals surface area contributed by atoms with Crippen LogP contribution in [0.25, 0.3) is 0 Å². The van der Waals surface area contributed by atoms with Gasteiger partial charge in [-0.05, 0) is 25.9 Å². The first-order valence-electron chi connectivity index (χ1n) is 6.10. The highest BCUT2D eigenvalue weighted by atomic mass is 16.2. The molecule has 2 rings (SSSR count). The third-order valence-corrected chi connectivity index (χ3v) is 3.36. The molecule has 1 amide bonds. The molecule has 94 valence electrons. The van der Waals surface area contributed by atoms with E-state index in [0.717, 1.165) is 31.8 Å². The van der Waals surface area contributed by atoms with Crippen LogP contribution in [0.1, 0.15) is 18.7 Å². The molecule has 1 aromatic heterocycles. The summed E-state index contributed by atoms with van der Waals surface area (Å²) in [6.07, 6.45) is 5.56. The van der Waals surface area contributed by atoms with E-state index in [1.54, 1.807) is 11.1 Å². The minimum absolute atomic E-state index is 0.182. The van der Waals surface area contributed by atoms with Gasteiger partial charge in [0.15, 0.2) is 0 Å². The maximum absolute atomic E-state index is 12.2. The van der Waals surface area contributed by atoms with E-state index in [4.69, 9.17) is 0 Å². The zero-order chi connectivity index (χ0) is 12.3. The van der Waals surface area contributed by atoms with Crippen molar-refractivity contribution in [3.05, 3.63) is 18.2 Å². The Morgan fingerprint density at radius 1 is 1.59 bits per heavy atom. The number of carbonyl (C=O) groups excluding carboxylic acids is 1. The average molecular weight is 236 g/mol. The molecule has 0 radical (unpaired) electrons. The van der Waals surface area contributed by atoms with Crippen molar-refractivity contribution in [1.82, 2.24) is 19.8 Å². The molecule has 1 N–H and O–H groups in total. The van der Waals surface area contributed by atoms with E-state index in [-0.39, 0.29) is 11.8 Å². The van der Waals surface area contributed by atoms with E-state index >= 15 is 0 Å². The Hall–Kier alpha value is -1.36. The maximum Gasteiger partial charge on any atom is 0.225 e. The number of nitrogens with one attached hydrogen (secondary N) is 1. The minimum Gasteiger partial charge on any atom is -0.338 e. The Bertz CT molecular complexity index is 382. The second kappa shape index (κ2) is 5.31. The predicted molar refractivity (Wildman–Crippen MR) is 65.3 cm³/mol. The number of hydrogen-bond acceptors (Lipinski definition) is 3. The van der Waals surface area contributed by atoms with Gasteiger partial charge in [-0.3, -0.25) is 4.79 Å². The highest BCUT2D eigenvalue weighted by Gasteiger charge is 2.24. The lowest BCUT2D eigenvalue weighted by molar-refractivity contribution is -0.135. The van der Waals surface area contributed by atoms with E-state index in [9.17, 15) is 4.79 Å². The van der Waals surface area contributed by atoms with Crippen LogP contribution in [0.2, 0.25) is 0 Å². The number of imidazole rings is 1. The average Bonchev–Trinajstić information content (AvgIpc) is 2.75. The summed E-state index contributed by atoms with van der Waals surface area (Å²) in [5, 5.41) is 3.28. The predicted octanol–water partition coefficient (Wildman–Crippen LogP) is 0.378. The molecule has 1 aromatic rings. The quantitative estimate of drug-likeness (QED) is 0.825. The molecule has 0 aromatic carbocycles. The smallest absolute Gasteiger partial charge is 0.225 e. The van der Waals surface area contributed by atoms with Gasteiger partial charge in [0.05, 0.1) is 6.54 Å². The molecule has 1 aliphatic heterocycles. The summed E-state index contributed by atoms with van der Waals surface area (Å²) in [5.41, 5.74) is 0. The topological polar surface area (TPSA) is 50.2 Å². The number of amides is 1. The molecule has 1 aliphatic rings. The largest absolute Gasteiger partial charge is 0.338 e. The van der Waals surface area contributed by atoms with Crippen molar-refractivity contribution in [2.45, 2.75) is 19.4 Å². The van der Waals surface area contributed by atoms with Gasteiger partial charge in [0, 0.05) is 32.4 Å². The maximum atomic E-state index is 12.2. The molecule has 1 fully saturated rings. The van der Waals surface area contributed by atoms with Gasteiger partial charge in [-0.1, -0.05) is 0 Å². The van der Waals surface area contributed by atoms with Crippen LogP contribution in [0.15, 0.2) is 12.4 Å². The molecule has 0 spiro atoms. The van der Waals surface area contributed by atoms with Gasteiger partial charge < -0.3 is 14.8 Å². The number of aromatic nitrogens is 2. The number of nitrogens with zero attached hydrogens (tertiary/aromatic N) is 3. The number of rotatable bonds is 3. The SMILES string of the molecule is CN(Cc1nccn1C)C(=O)C1CCNCC1. The van der Waals surface area contributed by atoms with E-state index in [2.05, 4.69) is 10.3 Å². The van der Waals surface area contributed by atoms with Crippen molar-refractivity contribution in [2.24, 2.45) is 13.0 Å². The Labute approximate surface area is 102 Å². The second-order valence-corrected chi connectivity index (χ2v) is 4.67. The van der Waals surface area contributed by atoms with Gasteiger partial charge in [-0.2, -0.15) is 0 Å². The van der Waals surface area contributed by atoms with Crippen LogP contribution in [0.4, 0.5) is 0 Å². The van der Waals surface area contributed by atoms with Gasteiger partial charge in [-0.25, -0.2) is 4.98 Å². The lowest BCUT2D eigenvalue weighted by Crippen LogP contribution is -2.39. The zero-order valence-electron chi connectivity index (χ0n) is 10.5. The molecular weight excluding hydrogens is 216 g/mol. The van der Waals surface area contributed by atoms with Crippen LogP contribution >= 0.6 is 0 Å². The summed E-state index contributed by atoms with van der Waals surface area (Å²) >= 11 is 0. The Morgan fingerprint density at radius 3 is 2.88 bits per heavy atom. The fourth-order valence-corrected chi connectivity index (χ4v) is 2.22. The molecule has 0 bridgehead atoms. The van der Waals surface area contributed by atoms with Crippen LogP contribution in [-0.4, -0.2) is 40.5 Å². The molecule has 0 saturated carbocycles. The summed E-state index contributed by atoms with van der Waals surface area (Å²) in [5.74, 6) is 1.35. The van der Waals surface area contributed by atoms with Gasteiger partial charge in [0.2, 0.25) is 5.91 Å². The second-order valence-electron chi connectivity index (χ2n) is 4.67. The van der Waals surface area contributed by atoms with Gasteiger partial charge in [0.1, 0.15) is 5.82 Å². The molecule has 5 nitrogen and oxygen atoms in total. The highest BCUT2D eigenvalue weighted by Crippen LogP contribution is 2.15. The molecule has 2 heterocycles. The van der Waals surface area contributed by atoms with E-state index in [1.165, 1.54) is 0 Å². The first kappa shape index (κ1) is 12.1. The normalized spacial score (nSPS) is 17.1. The standard InChI is InChI=1S/C12H20N4O/c1-15-8-7-14-11(15)9-16(2)12(17)10-3-5-13-6-4-10/h7-8,10,13H,3-6,9H2,1-2H3. The van der Waals surface area contributed by atoms with Crippen LogP contribution in [0, 0.1) is 5.92 Å². The minimum atomic E-state index is 0.182. The Kier molecular flexibility index (Phi) is 3.78. The first-order valence-corrected chi connectivity index (χ1v) is 6.10. The van der Waals surface area contributed by atoms with Crippen molar-refractivity contribution >= 4 is 5.91 Å². The molecule has 0 unspecified atom stereocenters. The lowest BCUT2D eigenvalue weighted by Gasteiger charge is -2.26. The number of hydrogen-bond donors (Lipinski definition) is 1. The van der Waals surface area contributed by atoms with Crippen molar-refractivity contribution in [3.63, 3.8) is 0 Å². The fourth-order valence-electron chi connectivity index (χ4n) is 2.22. The van der Waals surface area contributed by atoms with Crippen molar-refractivity contribution in [3.8, 4) is 0 Å². The van der Waals surface area contributed by atoms with Crippen LogP contribution in [-0.2, 0) is 18.4 Å². The number of piperidine rings is 1. The van der Waals surface area contributed by atoms with Gasteiger partial charge in [0.25, 0.3) is 0 Å². The third-order valence-electron chi connectivity index (χ3n) is 3.36. The molecule has 5 heteroatoms. The van der Waals surface area contributed by atoms with Crippen molar-refractivity contribution in [1.29, 1.82) is 0 Å². The fraction of sp³-hybridized carbons (Fsp3) is 0.667. The summed E-state index contributed by atoms with van der Waals surface area (Å²) in [7, 11) is 3.81. The van der Waals surface area contributed by atoms with E-state index in [0.29, 0.717) is 6.54 Å². The highest BCUT2D eigenvalue weighted by molar-refractivity contribution is 5.78. The van der Waals surface area contributed by atoms with Crippen LogP contribution < -0.4 is 5.32 Å². The van der Waals surface area contributed by atoms with Crippen molar-refractivity contribution in [2.75, 3.05) is 20.1 Å². The van der Waals surface area contributed by atoms with E-state index < -0.39 is 0 Å². The van der Waals surface area contributed by atoms with Gasteiger partial charge in [-0.15, -0.1) is 0 Å². The van der Waals surface area contributed by atoms with Crippen molar-refractivity contribution < 1.29 is 4.79 Å². The third kappa shape index (κ3) is 2.85. The first-order chi connectivity index (χ1) is 8.18. The summed E-state index contributed by atoms with van der Waals surface area (Å²) in [6.45, 7) is 2.49. The lowest BCUT2D eigenvalue weighted by atomic mass is 9.97. The summed E-state index contributed by atoms with van der Waals surface area (Å²) < 4.78 is 1.95. The van der Waals surface area contributed by atoms with Gasteiger partial charge >= 0.3 is 0 Å². The molecule has 17 heavy (non-hydrogen) atoms. The summed E-state index contributed by atoms with van der Waals surface area (Å²) in [4.78, 5) is 18.2. The van der Waals surface area contributed by atoms with Crippen LogP contribution in [0.5, 0.6) is 0 Å². The zero-order valence-corrected chi connectivity index (χ0v) is 10.5. The Morgan fingerprint density at radius 2 is 2.29 bits per heavy atom. The molecule has 1 saturated heterocycles. The monoisotopic (exact) mass is 236 g/mol. The number of carbonyl (C=O) groups is 1. The molecular formula is C12H20N4O. The Balaban J connectivity index is 1.93. The van der Waals surface area contributed by atoms with Crippen LogP contribution in [0.3, 0.4) is 0 Å².